The molecule has 4 aliphatic carbocycles. The van der Waals surface area contributed by atoms with E-state index < -0.39 is 0 Å². The molecule has 0 heterocycles. The fourth-order valence-electron chi connectivity index (χ4n) is 6.00. The van der Waals surface area contributed by atoms with Gasteiger partial charge in [0.25, 0.3) is 0 Å². The first kappa shape index (κ1) is 11.6. The van der Waals surface area contributed by atoms with Gasteiger partial charge in [-0.2, -0.15) is 0 Å². The van der Waals surface area contributed by atoms with Crippen molar-refractivity contribution in [2.75, 3.05) is 0 Å². The van der Waals surface area contributed by atoms with Gasteiger partial charge in [-0.05, 0) is 41.9 Å². The summed E-state index contributed by atoms with van der Waals surface area (Å²) >= 11 is 0. The van der Waals surface area contributed by atoms with E-state index in [9.17, 15) is 0 Å². The number of rotatable bonds is 1. The lowest BCUT2D eigenvalue weighted by atomic mass is 9.44. The second-order valence-electron chi connectivity index (χ2n) is 8.02. The summed E-state index contributed by atoms with van der Waals surface area (Å²) < 4.78 is 0. The van der Waals surface area contributed by atoms with Crippen LogP contribution in [0.4, 0.5) is 0 Å². The monoisotopic (exact) mass is 231 g/mol. The van der Waals surface area contributed by atoms with E-state index in [2.05, 4.69) is 32.5 Å². The molecule has 4 fully saturated rings. The molecule has 4 rings (SSSR count). The standard InChI is InChI=1S/C16H25N/c1-11(2)12-8-13-14(3)6-7-15(13,4)10-16(12,9-14)17-5/h11-13H,6-10H2,1-4H3/t12?,13?,14-,15+,16?. The zero-order valence-electron chi connectivity index (χ0n) is 11.7. The van der Waals surface area contributed by atoms with E-state index in [0.717, 1.165) is 5.92 Å². The van der Waals surface area contributed by atoms with E-state index in [4.69, 9.17) is 6.57 Å². The van der Waals surface area contributed by atoms with Gasteiger partial charge in [-0.15, -0.1) is 0 Å². The molecule has 0 aromatic carbocycles. The van der Waals surface area contributed by atoms with Crippen LogP contribution in [0.2, 0.25) is 0 Å². The van der Waals surface area contributed by atoms with Crippen LogP contribution in [0.3, 0.4) is 0 Å². The molecule has 0 aromatic heterocycles. The number of hydrogen-bond acceptors (Lipinski definition) is 0. The van der Waals surface area contributed by atoms with Crippen molar-refractivity contribution < 1.29 is 0 Å². The highest BCUT2D eigenvalue weighted by atomic mass is 14.9. The average Bonchev–Trinajstić information content (AvgIpc) is 2.44. The third-order valence-corrected chi connectivity index (χ3v) is 6.58. The Balaban J connectivity index is 2.07. The van der Waals surface area contributed by atoms with Gasteiger partial charge in [-0.25, -0.2) is 6.57 Å². The Morgan fingerprint density at radius 2 is 1.65 bits per heavy atom. The normalized spacial score (nSPS) is 56.2. The highest BCUT2D eigenvalue weighted by Crippen LogP contribution is 2.73. The molecule has 0 radical (unpaired) electrons. The van der Waals surface area contributed by atoms with Crippen LogP contribution >= 0.6 is 0 Å². The molecule has 3 unspecified atom stereocenters. The van der Waals surface area contributed by atoms with Gasteiger partial charge < -0.3 is 4.85 Å². The van der Waals surface area contributed by atoms with Crippen molar-refractivity contribution in [2.45, 2.75) is 65.3 Å². The molecule has 0 saturated heterocycles. The summed E-state index contributed by atoms with van der Waals surface area (Å²) in [5.41, 5.74) is 0.967. The first-order valence-corrected chi connectivity index (χ1v) is 7.24. The van der Waals surface area contributed by atoms with Crippen LogP contribution in [0.1, 0.15) is 59.8 Å². The first-order chi connectivity index (χ1) is 7.85. The first-order valence-electron chi connectivity index (χ1n) is 7.24. The predicted octanol–water partition coefficient (Wildman–Crippen LogP) is 4.54. The summed E-state index contributed by atoms with van der Waals surface area (Å²) in [4.78, 5) is 4.22. The fraction of sp³-hybridized carbons (Fsp3) is 0.938. The topological polar surface area (TPSA) is 4.36 Å². The molecule has 0 aromatic rings. The van der Waals surface area contributed by atoms with Crippen LogP contribution in [-0.2, 0) is 0 Å². The minimum Gasteiger partial charge on any atom is -0.310 e. The van der Waals surface area contributed by atoms with E-state index in [1.807, 2.05) is 0 Å². The van der Waals surface area contributed by atoms with Gasteiger partial charge in [0.1, 0.15) is 0 Å². The summed E-state index contributed by atoms with van der Waals surface area (Å²) in [6.45, 7) is 17.4. The van der Waals surface area contributed by atoms with E-state index in [1.165, 1.54) is 32.1 Å². The van der Waals surface area contributed by atoms with Gasteiger partial charge in [-0.3, -0.25) is 0 Å². The molecule has 5 atom stereocenters. The average molecular weight is 231 g/mol. The van der Waals surface area contributed by atoms with Crippen LogP contribution in [0, 0.1) is 35.2 Å². The van der Waals surface area contributed by atoms with Gasteiger partial charge in [0, 0.05) is 18.8 Å². The molecule has 0 amide bonds. The van der Waals surface area contributed by atoms with Crippen LogP contribution in [0.15, 0.2) is 0 Å². The van der Waals surface area contributed by atoms with E-state index in [0.29, 0.717) is 22.7 Å². The van der Waals surface area contributed by atoms with E-state index in [-0.39, 0.29) is 5.54 Å². The fourth-order valence-corrected chi connectivity index (χ4v) is 6.00. The van der Waals surface area contributed by atoms with Crippen molar-refractivity contribution in [3.8, 4) is 0 Å². The molecule has 4 saturated carbocycles. The molecule has 94 valence electrons. The van der Waals surface area contributed by atoms with Crippen molar-refractivity contribution in [1.29, 1.82) is 0 Å². The third kappa shape index (κ3) is 1.25. The SMILES string of the molecule is [C-]#[N+]C12C[C@]3(C)CC[C@](C)(C1)C3CC2C(C)C. The summed E-state index contributed by atoms with van der Waals surface area (Å²) in [5.74, 6) is 2.23. The molecule has 1 heteroatoms. The molecule has 17 heavy (non-hydrogen) atoms. The predicted molar refractivity (Wildman–Crippen MR) is 70.5 cm³/mol. The second kappa shape index (κ2) is 3.08. The summed E-state index contributed by atoms with van der Waals surface area (Å²) in [6.07, 6.45) is 6.44. The number of fused-ring (bicyclic) bond motifs is 1. The van der Waals surface area contributed by atoms with Crippen molar-refractivity contribution in [3.63, 3.8) is 0 Å². The Bertz CT molecular complexity index is 371. The Hall–Kier alpha value is -0.510. The van der Waals surface area contributed by atoms with Gasteiger partial charge in [-0.1, -0.05) is 27.7 Å². The summed E-state index contributed by atoms with van der Waals surface area (Å²) in [5, 5.41) is 0. The maximum Gasteiger partial charge on any atom is 0.236 e. The Morgan fingerprint density at radius 1 is 1.12 bits per heavy atom. The molecule has 4 aliphatic rings. The number of hydrogen-bond donors (Lipinski definition) is 0. The molecular weight excluding hydrogens is 206 g/mol. The largest absolute Gasteiger partial charge is 0.310 e. The Morgan fingerprint density at radius 3 is 2.06 bits per heavy atom. The van der Waals surface area contributed by atoms with Crippen LogP contribution in [0.5, 0.6) is 0 Å². The van der Waals surface area contributed by atoms with Crippen molar-refractivity contribution >= 4 is 0 Å². The van der Waals surface area contributed by atoms with Crippen molar-refractivity contribution in [3.05, 3.63) is 11.4 Å². The molecule has 0 spiro atoms. The van der Waals surface area contributed by atoms with Crippen LogP contribution in [-0.4, -0.2) is 5.54 Å². The summed E-state index contributed by atoms with van der Waals surface area (Å²) in [6, 6.07) is 0. The van der Waals surface area contributed by atoms with E-state index in [1.54, 1.807) is 0 Å². The van der Waals surface area contributed by atoms with Crippen molar-refractivity contribution in [1.82, 2.24) is 0 Å². The third-order valence-electron chi connectivity index (χ3n) is 6.58. The summed E-state index contributed by atoms with van der Waals surface area (Å²) in [7, 11) is 0. The van der Waals surface area contributed by atoms with Gasteiger partial charge >= 0.3 is 0 Å². The minimum absolute atomic E-state index is 0.0110. The zero-order chi connectivity index (χ0) is 12.5. The highest BCUT2D eigenvalue weighted by Gasteiger charge is 2.71. The van der Waals surface area contributed by atoms with Crippen LogP contribution < -0.4 is 0 Å². The second-order valence-corrected chi connectivity index (χ2v) is 8.02. The van der Waals surface area contributed by atoms with Crippen molar-refractivity contribution in [2.24, 2.45) is 28.6 Å². The molecule has 0 N–H and O–H groups in total. The highest BCUT2D eigenvalue weighted by molar-refractivity contribution is 5.23. The maximum atomic E-state index is 7.80. The molecule has 4 bridgehead atoms. The zero-order valence-corrected chi connectivity index (χ0v) is 11.7. The maximum absolute atomic E-state index is 7.80. The molecule has 1 nitrogen and oxygen atoms in total. The van der Waals surface area contributed by atoms with Gasteiger partial charge in [0.2, 0.25) is 5.54 Å². The van der Waals surface area contributed by atoms with Crippen LogP contribution in [0.25, 0.3) is 4.85 Å². The number of nitrogens with zero attached hydrogens (tertiary/aromatic N) is 1. The quantitative estimate of drug-likeness (QED) is 0.584. The Labute approximate surface area is 106 Å². The lowest BCUT2D eigenvalue weighted by Gasteiger charge is -2.58. The minimum atomic E-state index is -0.0110. The smallest absolute Gasteiger partial charge is 0.236 e. The lowest BCUT2D eigenvalue weighted by Crippen LogP contribution is -2.59. The molecule has 0 aliphatic heterocycles. The lowest BCUT2D eigenvalue weighted by molar-refractivity contribution is -0.0826. The van der Waals surface area contributed by atoms with E-state index >= 15 is 0 Å². The Kier molecular flexibility index (Phi) is 2.10. The van der Waals surface area contributed by atoms with Gasteiger partial charge in [0.15, 0.2) is 0 Å². The van der Waals surface area contributed by atoms with Gasteiger partial charge in [0.05, 0.1) is 0 Å². The molecular formula is C16H25N.